The summed E-state index contributed by atoms with van der Waals surface area (Å²) in [4.78, 5) is 28.6. The van der Waals surface area contributed by atoms with Gasteiger partial charge < -0.3 is 15.0 Å². The highest BCUT2D eigenvalue weighted by molar-refractivity contribution is 6.02. The van der Waals surface area contributed by atoms with Crippen molar-refractivity contribution in [1.29, 1.82) is 0 Å². The number of benzene rings is 2. The molecule has 2 N–H and O–H groups in total. The highest BCUT2D eigenvalue weighted by atomic mass is 16.6. The van der Waals surface area contributed by atoms with Crippen molar-refractivity contribution in [2.45, 2.75) is 25.9 Å². The molecule has 0 fully saturated rings. The molecule has 1 unspecified atom stereocenters. The molecule has 0 spiro atoms. The summed E-state index contributed by atoms with van der Waals surface area (Å²) in [6.45, 7) is 4.26. The minimum Gasteiger partial charge on any atom is -0.440 e. The van der Waals surface area contributed by atoms with E-state index in [4.69, 9.17) is 4.74 Å². The number of carbonyl (C=O) groups excluding carboxylic acids is 2. The van der Waals surface area contributed by atoms with Crippen LogP contribution in [0.3, 0.4) is 0 Å². The van der Waals surface area contributed by atoms with Crippen molar-refractivity contribution < 1.29 is 14.3 Å². The molecule has 4 rings (SSSR count). The Labute approximate surface area is 157 Å². The molecule has 5 nitrogen and oxygen atoms in total. The van der Waals surface area contributed by atoms with Crippen LogP contribution in [0.25, 0.3) is 10.9 Å². The van der Waals surface area contributed by atoms with Crippen LogP contribution in [0, 0.1) is 5.92 Å². The highest BCUT2D eigenvalue weighted by Crippen LogP contribution is 2.42. The second kappa shape index (κ2) is 6.58. The van der Waals surface area contributed by atoms with Gasteiger partial charge in [-0.15, -0.1) is 0 Å². The second-order valence-corrected chi connectivity index (χ2v) is 7.19. The van der Waals surface area contributed by atoms with E-state index in [1.807, 2.05) is 44.3 Å². The lowest BCUT2D eigenvalue weighted by atomic mass is 9.82. The molecule has 0 aliphatic carbocycles. The minimum atomic E-state index is -1.27. The minimum absolute atomic E-state index is 0.182. The Balaban J connectivity index is 1.54. The number of esters is 1. The predicted octanol–water partition coefficient (Wildman–Crippen LogP) is 3.55. The topological polar surface area (TPSA) is 71.2 Å². The number of hydrogen-bond donors (Lipinski definition) is 2. The summed E-state index contributed by atoms with van der Waals surface area (Å²) in [5.41, 5.74) is 2.07. The van der Waals surface area contributed by atoms with Crippen molar-refractivity contribution in [2.24, 2.45) is 5.92 Å². The average Bonchev–Trinajstić information content (AvgIpc) is 3.22. The third kappa shape index (κ3) is 2.70. The van der Waals surface area contributed by atoms with Crippen LogP contribution in [0.4, 0.5) is 0 Å². The summed E-state index contributed by atoms with van der Waals surface area (Å²) in [5, 5.41) is 4.14. The number of rotatable bonds is 5. The lowest BCUT2D eigenvalue weighted by Gasteiger charge is -2.31. The number of H-pyrrole nitrogens is 1. The van der Waals surface area contributed by atoms with Crippen molar-refractivity contribution in [3.05, 3.63) is 71.4 Å². The van der Waals surface area contributed by atoms with Crippen LogP contribution in [0.2, 0.25) is 0 Å². The first-order valence-electron chi connectivity index (χ1n) is 9.20. The summed E-state index contributed by atoms with van der Waals surface area (Å²) in [7, 11) is 0. The molecule has 3 aromatic rings. The first-order chi connectivity index (χ1) is 13.0. The van der Waals surface area contributed by atoms with Gasteiger partial charge in [0.2, 0.25) is 5.60 Å². The number of fused-ring (bicyclic) bond motifs is 2. The van der Waals surface area contributed by atoms with E-state index in [-0.39, 0.29) is 11.8 Å². The SMILES string of the molecule is CC(C)C1(C(=O)NCCc2c[nH]c3ccccc23)OC(=O)c2ccccc21. The van der Waals surface area contributed by atoms with Gasteiger partial charge in [0.05, 0.1) is 5.56 Å². The molecule has 0 bridgehead atoms. The van der Waals surface area contributed by atoms with Crippen molar-refractivity contribution >= 4 is 22.8 Å². The predicted molar refractivity (Wildman–Crippen MR) is 103 cm³/mol. The number of amides is 1. The Bertz CT molecular complexity index is 1020. The fraction of sp³-hybridized carbons (Fsp3) is 0.273. The van der Waals surface area contributed by atoms with E-state index >= 15 is 0 Å². The number of para-hydroxylation sites is 1. The molecule has 0 saturated carbocycles. The summed E-state index contributed by atoms with van der Waals surface area (Å²) < 4.78 is 5.64. The van der Waals surface area contributed by atoms with Crippen LogP contribution < -0.4 is 5.32 Å². The Morgan fingerprint density at radius 3 is 2.70 bits per heavy atom. The first kappa shape index (κ1) is 17.3. The number of aromatic nitrogens is 1. The van der Waals surface area contributed by atoms with Gasteiger partial charge in [0, 0.05) is 35.1 Å². The van der Waals surface area contributed by atoms with E-state index in [1.165, 1.54) is 0 Å². The Morgan fingerprint density at radius 1 is 1.15 bits per heavy atom. The van der Waals surface area contributed by atoms with Crippen molar-refractivity contribution in [3.63, 3.8) is 0 Å². The summed E-state index contributed by atoms with van der Waals surface area (Å²) in [5.74, 6) is -0.889. The number of cyclic esters (lactones) is 1. The van der Waals surface area contributed by atoms with Crippen LogP contribution in [0.5, 0.6) is 0 Å². The van der Waals surface area contributed by atoms with Crippen LogP contribution >= 0.6 is 0 Å². The van der Waals surface area contributed by atoms with Gasteiger partial charge in [-0.05, 0) is 24.1 Å². The third-order valence-corrected chi connectivity index (χ3v) is 5.31. The van der Waals surface area contributed by atoms with E-state index in [0.29, 0.717) is 24.1 Å². The molecule has 0 saturated heterocycles. The molecule has 1 aromatic heterocycles. The monoisotopic (exact) mass is 362 g/mol. The lowest BCUT2D eigenvalue weighted by molar-refractivity contribution is -0.145. The maximum absolute atomic E-state index is 13.1. The van der Waals surface area contributed by atoms with Crippen LogP contribution in [0.1, 0.15) is 35.3 Å². The standard InChI is InChI=1S/C22H22N2O3/c1-14(2)22(18-9-5-3-8-17(18)20(25)27-22)21(26)23-12-11-15-13-24-19-10-6-4-7-16(15)19/h3-10,13-14,24H,11-12H2,1-2H3,(H,23,26). The van der Waals surface area contributed by atoms with E-state index in [0.717, 1.165) is 16.5 Å². The largest absolute Gasteiger partial charge is 0.440 e. The van der Waals surface area contributed by atoms with Crippen LogP contribution in [-0.2, 0) is 21.6 Å². The lowest BCUT2D eigenvalue weighted by Crippen LogP contribution is -2.48. The van der Waals surface area contributed by atoms with Gasteiger partial charge >= 0.3 is 5.97 Å². The van der Waals surface area contributed by atoms with Crippen molar-refractivity contribution in [3.8, 4) is 0 Å². The van der Waals surface area contributed by atoms with Gasteiger partial charge in [-0.2, -0.15) is 0 Å². The molecule has 138 valence electrons. The number of hydrogen-bond acceptors (Lipinski definition) is 3. The normalized spacial score (nSPS) is 18.6. The van der Waals surface area contributed by atoms with Crippen molar-refractivity contribution in [1.82, 2.24) is 10.3 Å². The molecule has 0 radical (unpaired) electrons. The maximum atomic E-state index is 13.1. The zero-order valence-electron chi connectivity index (χ0n) is 15.4. The molecule has 2 heterocycles. The zero-order chi connectivity index (χ0) is 19.0. The van der Waals surface area contributed by atoms with Gasteiger partial charge in [-0.3, -0.25) is 4.79 Å². The van der Waals surface area contributed by atoms with E-state index < -0.39 is 11.6 Å². The van der Waals surface area contributed by atoms with E-state index in [1.54, 1.807) is 18.2 Å². The van der Waals surface area contributed by atoms with Gasteiger partial charge in [0.25, 0.3) is 5.91 Å². The number of nitrogens with one attached hydrogen (secondary N) is 2. The molecule has 5 heteroatoms. The zero-order valence-corrected chi connectivity index (χ0v) is 15.4. The van der Waals surface area contributed by atoms with Crippen LogP contribution in [-0.4, -0.2) is 23.4 Å². The van der Waals surface area contributed by atoms with Gasteiger partial charge in [-0.1, -0.05) is 50.2 Å². The third-order valence-electron chi connectivity index (χ3n) is 5.31. The van der Waals surface area contributed by atoms with Gasteiger partial charge in [0.15, 0.2) is 0 Å². The fourth-order valence-electron chi connectivity index (χ4n) is 3.88. The van der Waals surface area contributed by atoms with Crippen molar-refractivity contribution in [2.75, 3.05) is 6.54 Å². The number of aromatic amines is 1. The summed E-state index contributed by atoms with van der Waals surface area (Å²) in [6.07, 6.45) is 2.67. The average molecular weight is 362 g/mol. The van der Waals surface area contributed by atoms with Gasteiger partial charge in [-0.25, -0.2) is 4.79 Å². The Hall–Kier alpha value is -3.08. The highest BCUT2D eigenvalue weighted by Gasteiger charge is 2.53. The molecule has 2 aromatic carbocycles. The smallest absolute Gasteiger partial charge is 0.339 e. The Morgan fingerprint density at radius 2 is 1.89 bits per heavy atom. The number of carbonyl (C=O) groups is 2. The molecule has 1 amide bonds. The fourth-order valence-corrected chi connectivity index (χ4v) is 3.88. The molecule has 1 aliphatic heterocycles. The molecular formula is C22H22N2O3. The van der Waals surface area contributed by atoms with Crippen LogP contribution in [0.15, 0.2) is 54.7 Å². The summed E-state index contributed by atoms with van der Waals surface area (Å²) in [6, 6.07) is 15.2. The Kier molecular flexibility index (Phi) is 4.22. The molecule has 1 aliphatic rings. The summed E-state index contributed by atoms with van der Waals surface area (Å²) >= 11 is 0. The first-order valence-corrected chi connectivity index (χ1v) is 9.20. The number of ether oxygens (including phenoxy) is 1. The second-order valence-electron chi connectivity index (χ2n) is 7.19. The molecular weight excluding hydrogens is 340 g/mol. The van der Waals surface area contributed by atoms with E-state index in [9.17, 15) is 9.59 Å². The maximum Gasteiger partial charge on any atom is 0.339 e. The molecule has 1 atom stereocenters. The quantitative estimate of drug-likeness (QED) is 0.682. The van der Waals surface area contributed by atoms with Gasteiger partial charge in [0.1, 0.15) is 0 Å². The van der Waals surface area contributed by atoms with E-state index in [2.05, 4.69) is 16.4 Å². The molecule has 27 heavy (non-hydrogen) atoms.